The predicted octanol–water partition coefficient (Wildman–Crippen LogP) is 4.22. The summed E-state index contributed by atoms with van der Waals surface area (Å²) in [6.07, 6.45) is 0. The number of hydrogen-bond donors (Lipinski definition) is 0. The molecule has 1 heterocycles. The van der Waals surface area contributed by atoms with Crippen molar-refractivity contribution in [3.05, 3.63) is 70.5 Å². The molecular formula is C18H16ClFN2. The molecule has 22 heavy (non-hydrogen) atoms. The lowest BCUT2D eigenvalue weighted by molar-refractivity contribution is 0.322. The quantitative estimate of drug-likeness (QED) is 0.848. The third kappa shape index (κ3) is 2.99. The van der Waals surface area contributed by atoms with Gasteiger partial charge in [-0.15, -0.1) is 0 Å². The van der Waals surface area contributed by atoms with E-state index < -0.39 is 0 Å². The third-order valence-electron chi connectivity index (χ3n) is 4.18. The van der Waals surface area contributed by atoms with Crippen LogP contribution in [0.15, 0.2) is 48.5 Å². The van der Waals surface area contributed by atoms with Gasteiger partial charge in [0.05, 0.1) is 12.0 Å². The largest absolute Gasteiger partial charge is 0.297 e. The van der Waals surface area contributed by atoms with Crippen LogP contribution in [0.5, 0.6) is 0 Å². The van der Waals surface area contributed by atoms with Crippen LogP contribution >= 0.6 is 11.6 Å². The third-order valence-corrected chi connectivity index (χ3v) is 4.51. The van der Waals surface area contributed by atoms with Gasteiger partial charge in [0, 0.05) is 36.1 Å². The van der Waals surface area contributed by atoms with Gasteiger partial charge in [0.2, 0.25) is 0 Å². The zero-order valence-corrected chi connectivity index (χ0v) is 12.8. The molecule has 0 radical (unpaired) electrons. The molecule has 0 aliphatic carbocycles. The molecule has 3 rings (SSSR count). The summed E-state index contributed by atoms with van der Waals surface area (Å²) in [6.45, 7) is 2.05. The molecular weight excluding hydrogens is 299 g/mol. The van der Waals surface area contributed by atoms with E-state index in [1.807, 2.05) is 18.2 Å². The Kier molecular flexibility index (Phi) is 4.42. The minimum absolute atomic E-state index is 0.178. The molecule has 2 aromatic carbocycles. The van der Waals surface area contributed by atoms with E-state index in [1.165, 1.54) is 11.6 Å². The number of rotatable bonds is 3. The molecule has 2 unspecified atom stereocenters. The summed E-state index contributed by atoms with van der Waals surface area (Å²) in [5.74, 6) is -0.736. The summed E-state index contributed by atoms with van der Waals surface area (Å²) in [7, 11) is 0. The highest BCUT2D eigenvalue weighted by Gasteiger charge is 2.36. The SMILES string of the molecule is N#CC1CN(Cc2ccccc2)CC1c1c(F)cccc1Cl. The average molecular weight is 315 g/mol. The van der Waals surface area contributed by atoms with E-state index in [1.54, 1.807) is 12.1 Å². The van der Waals surface area contributed by atoms with E-state index in [0.29, 0.717) is 23.7 Å². The maximum Gasteiger partial charge on any atom is 0.128 e. The fourth-order valence-corrected chi connectivity index (χ4v) is 3.45. The molecule has 0 spiro atoms. The fourth-order valence-electron chi connectivity index (χ4n) is 3.14. The Bertz CT molecular complexity index is 676. The summed E-state index contributed by atoms with van der Waals surface area (Å²) in [5, 5.41) is 9.83. The van der Waals surface area contributed by atoms with Crippen LogP contribution in [-0.2, 0) is 6.54 Å². The lowest BCUT2D eigenvalue weighted by Gasteiger charge is -2.17. The van der Waals surface area contributed by atoms with Crippen LogP contribution in [0, 0.1) is 23.1 Å². The maximum absolute atomic E-state index is 14.2. The number of nitrogens with zero attached hydrogens (tertiary/aromatic N) is 2. The minimum atomic E-state index is -0.320. The highest BCUT2D eigenvalue weighted by molar-refractivity contribution is 6.31. The normalized spacial score (nSPS) is 21.7. The van der Waals surface area contributed by atoms with Gasteiger partial charge in [0.25, 0.3) is 0 Å². The lowest BCUT2D eigenvalue weighted by Crippen LogP contribution is -2.20. The predicted molar refractivity (Wildman–Crippen MR) is 85.0 cm³/mol. The smallest absolute Gasteiger partial charge is 0.128 e. The lowest BCUT2D eigenvalue weighted by atomic mass is 9.89. The maximum atomic E-state index is 14.2. The summed E-state index contributed by atoms with van der Waals surface area (Å²) >= 11 is 6.17. The molecule has 0 aromatic heterocycles. The molecule has 2 aromatic rings. The number of halogens is 2. The molecule has 2 atom stereocenters. The van der Waals surface area contributed by atoms with Crippen LogP contribution in [0.4, 0.5) is 4.39 Å². The van der Waals surface area contributed by atoms with Gasteiger partial charge in [-0.05, 0) is 17.7 Å². The molecule has 0 amide bonds. The molecule has 1 aliphatic heterocycles. The molecule has 0 N–H and O–H groups in total. The van der Waals surface area contributed by atoms with Crippen LogP contribution in [-0.4, -0.2) is 18.0 Å². The van der Waals surface area contributed by atoms with Crippen molar-refractivity contribution >= 4 is 11.6 Å². The van der Waals surface area contributed by atoms with Crippen molar-refractivity contribution in [3.63, 3.8) is 0 Å². The van der Waals surface area contributed by atoms with E-state index in [0.717, 1.165) is 6.54 Å². The Labute approximate surface area is 134 Å². The molecule has 0 saturated carbocycles. The topological polar surface area (TPSA) is 27.0 Å². The van der Waals surface area contributed by atoms with Crippen molar-refractivity contribution in [2.24, 2.45) is 5.92 Å². The van der Waals surface area contributed by atoms with E-state index in [-0.39, 0.29) is 17.7 Å². The molecule has 1 aliphatic rings. The Morgan fingerprint density at radius 1 is 1.14 bits per heavy atom. The molecule has 4 heteroatoms. The van der Waals surface area contributed by atoms with Crippen molar-refractivity contribution in [1.29, 1.82) is 5.26 Å². The van der Waals surface area contributed by atoms with Crippen molar-refractivity contribution in [3.8, 4) is 6.07 Å². The van der Waals surface area contributed by atoms with Gasteiger partial charge in [0.1, 0.15) is 5.82 Å². The Morgan fingerprint density at radius 3 is 2.59 bits per heavy atom. The minimum Gasteiger partial charge on any atom is -0.297 e. The highest BCUT2D eigenvalue weighted by atomic mass is 35.5. The van der Waals surface area contributed by atoms with Crippen molar-refractivity contribution in [2.75, 3.05) is 13.1 Å². The zero-order chi connectivity index (χ0) is 15.5. The Balaban J connectivity index is 1.83. The van der Waals surface area contributed by atoms with Crippen molar-refractivity contribution in [1.82, 2.24) is 4.90 Å². The first-order valence-corrected chi connectivity index (χ1v) is 7.66. The number of benzene rings is 2. The fraction of sp³-hybridized carbons (Fsp3) is 0.278. The molecule has 0 bridgehead atoms. The van der Waals surface area contributed by atoms with E-state index in [4.69, 9.17) is 11.6 Å². The van der Waals surface area contributed by atoms with E-state index in [2.05, 4.69) is 23.1 Å². The number of hydrogen-bond acceptors (Lipinski definition) is 2. The van der Waals surface area contributed by atoms with E-state index in [9.17, 15) is 9.65 Å². The molecule has 1 saturated heterocycles. The number of likely N-dealkylation sites (tertiary alicyclic amines) is 1. The molecule has 1 fully saturated rings. The first-order chi connectivity index (χ1) is 10.7. The van der Waals surface area contributed by atoms with Crippen LogP contribution in [0.3, 0.4) is 0 Å². The van der Waals surface area contributed by atoms with E-state index >= 15 is 0 Å². The van der Waals surface area contributed by atoms with Crippen LogP contribution < -0.4 is 0 Å². The van der Waals surface area contributed by atoms with Crippen LogP contribution in [0.2, 0.25) is 5.02 Å². The summed E-state index contributed by atoms with van der Waals surface area (Å²) in [4.78, 5) is 2.19. The van der Waals surface area contributed by atoms with Crippen molar-refractivity contribution < 1.29 is 4.39 Å². The summed E-state index contributed by atoms with van der Waals surface area (Å²) < 4.78 is 14.2. The standard InChI is InChI=1S/C18H16ClFN2/c19-16-7-4-8-17(20)18(16)15-12-22(11-14(15)9-21)10-13-5-2-1-3-6-13/h1-8,14-15H,10-12H2. The monoisotopic (exact) mass is 314 g/mol. The second kappa shape index (κ2) is 6.48. The second-order valence-electron chi connectivity index (χ2n) is 5.66. The summed E-state index contributed by atoms with van der Waals surface area (Å²) in [5.41, 5.74) is 1.67. The Morgan fingerprint density at radius 2 is 1.91 bits per heavy atom. The number of nitriles is 1. The highest BCUT2D eigenvalue weighted by Crippen LogP contribution is 2.38. The van der Waals surface area contributed by atoms with Crippen LogP contribution in [0.25, 0.3) is 0 Å². The van der Waals surface area contributed by atoms with Gasteiger partial charge in [0.15, 0.2) is 0 Å². The van der Waals surface area contributed by atoms with Gasteiger partial charge in [-0.25, -0.2) is 4.39 Å². The van der Waals surface area contributed by atoms with Gasteiger partial charge < -0.3 is 0 Å². The van der Waals surface area contributed by atoms with Gasteiger partial charge in [-0.2, -0.15) is 5.26 Å². The summed E-state index contributed by atoms with van der Waals surface area (Å²) in [6, 6.07) is 17.1. The van der Waals surface area contributed by atoms with Crippen LogP contribution in [0.1, 0.15) is 17.0 Å². The zero-order valence-electron chi connectivity index (χ0n) is 12.0. The molecule has 112 valence electrons. The van der Waals surface area contributed by atoms with Gasteiger partial charge >= 0.3 is 0 Å². The first kappa shape index (κ1) is 15.0. The molecule has 2 nitrogen and oxygen atoms in total. The van der Waals surface area contributed by atoms with Gasteiger partial charge in [-0.3, -0.25) is 4.90 Å². The average Bonchev–Trinajstić information content (AvgIpc) is 2.91. The van der Waals surface area contributed by atoms with Crippen molar-refractivity contribution in [2.45, 2.75) is 12.5 Å². The second-order valence-corrected chi connectivity index (χ2v) is 6.06. The Hall–Kier alpha value is -1.89. The first-order valence-electron chi connectivity index (χ1n) is 7.29. The van der Waals surface area contributed by atoms with Gasteiger partial charge in [-0.1, -0.05) is 48.0 Å².